The van der Waals surface area contributed by atoms with E-state index in [0.29, 0.717) is 11.3 Å². The van der Waals surface area contributed by atoms with Gasteiger partial charge in [-0.3, -0.25) is 4.79 Å². The fourth-order valence-electron chi connectivity index (χ4n) is 2.88. The summed E-state index contributed by atoms with van der Waals surface area (Å²) in [5.41, 5.74) is 3.66. The van der Waals surface area contributed by atoms with E-state index in [-0.39, 0.29) is 0 Å². The number of benzene rings is 3. The number of carbonyl (C=O) groups is 1. The summed E-state index contributed by atoms with van der Waals surface area (Å²) < 4.78 is 5.76. The van der Waals surface area contributed by atoms with Crippen LogP contribution in [0.5, 0.6) is 0 Å². The number of anilines is 3. The zero-order valence-electron chi connectivity index (χ0n) is 12.9. The van der Waals surface area contributed by atoms with Crippen LogP contribution in [-0.4, -0.2) is 6.29 Å². The van der Waals surface area contributed by atoms with Crippen molar-refractivity contribution in [2.75, 3.05) is 4.90 Å². The maximum Gasteiger partial charge on any atom is 0.185 e. The molecule has 4 rings (SSSR count). The third-order valence-electron chi connectivity index (χ3n) is 3.93. The SMILES string of the molecule is O=Cc1cc2cccc(N(c3ccccc3)c3ccccc3)c2o1. The molecule has 0 fully saturated rings. The average Bonchev–Trinajstić information content (AvgIpc) is 3.08. The molecule has 0 aliphatic carbocycles. The highest BCUT2D eigenvalue weighted by Crippen LogP contribution is 2.39. The summed E-state index contributed by atoms with van der Waals surface area (Å²) in [7, 11) is 0. The molecule has 116 valence electrons. The first-order chi connectivity index (χ1) is 11.9. The maximum absolute atomic E-state index is 11.1. The summed E-state index contributed by atoms with van der Waals surface area (Å²) in [6, 6.07) is 27.9. The van der Waals surface area contributed by atoms with Gasteiger partial charge in [-0.2, -0.15) is 0 Å². The van der Waals surface area contributed by atoms with Crippen LogP contribution >= 0.6 is 0 Å². The predicted molar refractivity (Wildman–Crippen MR) is 96.3 cm³/mol. The lowest BCUT2D eigenvalue weighted by Crippen LogP contribution is -2.09. The monoisotopic (exact) mass is 313 g/mol. The number of fused-ring (bicyclic) bond motifs is 1. The molecule has 1 heterocycles. The third-order valence-corrected chi connectivity index (χ3v) is 3.93. The summed E-state index contributed by atoms with van der Waals surface area (Å²) in [5.74, 6) is 0.332. The van der Waals surface area contributed by atoms with E-state index in [1.54, 1.807) is 6.07 Å². The molecule has 4 aromatic rings. The smallest absolute Gasteiger partial charge is 0.185 e. The highest BCUT2D eigenvalue weighted by atomic mass is 16.3. The minimum Gasteiger partial charge on any atom is -0.451 e. The van der Waals surface area contributed by atoms with Gasteiger partial charge in [0.15, 0.2) is 17.6 Å². The molecule has 0 N–H and O–H groups in total. The Morgan fingerprint density at radius 3 is 1.96 bits per heavy atom. The van der Waals surface area contributed by atoms with E-state index in [9.17, 15) is 4.79 Å². The Hall–Kier alpha value is -3.33. The summed E-state index contributed by atoms with van der Waals surface area (Å²) >= 11 is 0. The highest BCUT2D eigenvalue weighted by Gasteiger charge is 2.17. The molecule has 0 bridgehead atoms. The fraction of sp³-hybridized carbons (Fsp3) is 0. The molecule has 0 spiro atoms. The molecule has 0 saturated carbocycles. The molecule has 1 aromatic heterocycles. The van der Waals surface area contributed by atoms with E-state index in [4.69, 9.17) is 4.42 Å². The van der Waals surface area contributed by atoms with Crippen molar-refractivity contribution in [3.05, 3.63) is 90.7 Å². The van der Waals surface area contributed by atoms with Gasteiger partial charge in [-0.25, -0.2) is 0 Å². The molecule has 0 radical (unpaired) electrons. The van der Waals surface area contributed by atoms with Crippen LogP contribution in [-0.2, 0) is 0 Å². The summed E-state index contributed by atoms with van der Waals surface area (Å²) in [6.07, 6.45) is 0.735. The summed E-state index contributed by atoms with van der Waals surface area (Å²) in [4.78, 5) is 13.2. The molecule has 0 aliphatic heterocycles. The second-order valence-corrected chi connectivity index (χ2v) is 5.47. The van der Waals surface area contributed by atoms with Crippen LogP contribution in [0.1, 0.15) is 10.6 Å². The molecule has 0 atom stereocenters. The van der Waals surface area contributed by atoms with Crippen LogP contribution in [0.15, 0.2) is 89.3 Å². The average molecular weight is 313 g/mol. The minimum atomic E-state index is 0.332. The lowest BCUT2D eigenvalue weighted by molar-refractivity contribution is 0.110. The van der Waals surface area contributed by atoms with Gasteiger partial charge in [-0.15, -0.1) is 0 Å². The van der Waals surface area contributed by atoms with E-state index >= 15 is 0 Å². The molecular weight excluding hydrogens is 298 g/mol. The van der Waals surface area contributed by atoms with Crippen molar-refractivity contribution in [1.82, 2.24) is 0 Å². The van der Waals surface area contributed by atoms with Gasteiger partial charge in [-0.05, 0) is 36.4 Å². The Kier molecular flexibility index (Phi) is 3.60. The normalized spacial score (nSPS) is 10.7. The number of rotatable bonds is 4. The molecule has 0 amide bonds. The van der Waals surface area contributed by atoms with Gasteiger partial charge in [-0.1, -0.05) is 48.5 Å². The lowest BCUT2D eigenvalue weighted by atomic mass is 10.1. The van der Waals surface area contributed by atoms with Gasteiger partial charge < -0.3 is 9.32 Å². The van der Waals surface area contributed by atoms with Crippen LogP contribution in [0.2, 0.25) is 0 Å². The number of para-hydroxylation sites is 3. The number of nitrogens with zero attached hydrogens (tertiary/aromatic N) is 1. The van der Waals surface area contributed by atoms with Gasteiger partial charge in [0.25, 0.3) is 0 Å². The number of aldehydes is 1. The zero-order valence-corrected chi connectivity index (χ0v) is 12.9. The first-order valence-electron chi connectivity index (χ1n) is 7.75. The third kappa shape index (κ3) is 2.46. The number of hydrogen-bond acceptors (Lipinski definition) is 3. The van der Waals surface area contributed by atoms with Gasteiger partial charge >= 0.3 is 0 Å². The van der Waals surface area contributed by atoms with Crippen molar-refractivity contribution in [2.24, 2.45) is 0 Å². The van der Waals surface area contributed by atoms with Crippen molar-refractivity contribution in [1.29, 1.82) is 0 Å². The van der Waals surface area contributed by atoms with Crippen molar-refractivity contribution < 1.29 is 9.21 Å². The number of hydrogen-bond donors (Lipinski definition) is 0. The Morgan fingerprint density at radius 1 is 0.750 bits per heavy atom. The van der Waals surface area contributed by atoms with Gasteiger partial charge in [0.2, 0.25) is 0 Å². The van der Waals surface area contributed by atoms with Crippen LogP contribution < -0.4 is 4.90 Å². The van der Waals surface area contributed by atoms with Crippen LogP contribution in [0.4, 0.5) is 17.1 Å². The highest BCUT2D eigenvalue weighted by molar-refractivity contribution is 5.97. The largest absolute Gasteiger partial charge is 0.451 e. The van der Waals surface area contributed by atoms with Gasteiger partial charge in [0.05, 0.1) is 5.69 Å². The first kappa shape index (κ1) is 14.3. The van der Waals surface area contributed by atoms with Gasteiger partial charge in [0, 0.05) is 16.8 Å². The van der Waals surface area contributed by atoms with Crippen molar-refractivity contribution in [3.63, 3.8) is 0 Å². The van der Waals surface area contributed by atoms with Gasteiger partial charge in [0.1, 0.15) is 0 Å². The predicted octanol–water partition coefficient (Wildman–Crippen LogP) is 5.72. The van der Waals surface area contributed by atoms with E-state index in [1.165, 1.54) is 0 Å². The Balaban J connectivity index is 1.98. The number of furan rings is 1. The van der Waals surface area contributed by atoms with E-state index in [0.717, 1.165) is 28.7 Å². The zero-order chi connectivity index (χ0) is 16.4. The summed E-state index contributed by atoms with van der Waals surface area (Å²) in [6.45, 7) is 0. The summed E-state index contributed by atoms with van der Waals surface area (Å²) in [5, 5.41) is 0.909. The molecule has 3 aromatic carbocycles. The van der Waals surface area contributed by atoms with Crippen molar-refractivity contribution >= 4 is 34.3 Å². The minimum absolute atomic E-state index is 0.332. The second kappa shape index (κ2) is 6.05. The van der Waals surface area contributed by atoms with E-state index in [2.05, 4.69) is 29.2 Å². The molecular formula is C21H15NO2. The molecule has 0 unspecified atom stereocenters. The van der Waals surface area contributed by atoms with Crippen molar-refractivity contribution in [3.8, 4) is 0 Å². The Bertz CT molecular complexity index is 935. The molecule has 24 heavy (non-hydrogen) atoms. The Labute approximate surface area is 139 Å². The van der Waals surface area contributed by atoms with Crippen molar-refractivity contribution in [2.45, 2.75) is 0 Å². The first-order valence-corrected chi connectivity index (χ1v) is 7.75. The molecule has 3 nitrogen and oxygen atoms in total. The quantitative estimate of drug-likeness (QED) is 0.452. The molecule has 3 heteroatoms. The maximum atomic E-state index is 11.1. The van der Waals surface area contributed by atoms with Crippen LogP contribution in [0.25, 0.3) is 11.0 Å². The van der Waals surface area contributed by atoms with E-state index in [1.807, 2.05) is 54.6 Å². The topological polar surface area (TPSA) is 33.5 Å². The molecule has 0 saturated heterocycles. The second-order valence-electron chi connectivity index (χ2n) is 5.47. The fourth-order valence-corrected chi connectivity index (χ4v) is 2.88. The van der Waals surface area contributed by atoms with Crippen LogP contribution in [0, 0.1) is 0 Å². The van der Waals surface area contributed by atoms with E-state index < -0.39 is 0 Å². The Morgan fingerprint density at radius 2 is 1.38 bits per heavy atom. The van der Waals surface area contributed by atoms with Crippen LogP contribution in [0.3, 0.4) is 0 Å². The number of carbonyl (C=O) groups excluding carboxylic acids is 1. The standard InChI is InChI=1S/C21H15NO2/c23-15-19-14-16-8-7-13-20(21(16)24-19)22(17-9-3-1-4-10-17)18-11-5-2-6-12-18/h1-15H. The lowest BCUT2D eigenvalue weighted by Gasteiger charge is -2.25. The molecule has 0 aliphatic rings.